The second-order valence-corrected chi connectivity index (χ2v) is 3.25. The summed E-state index contributed by atoms with van der Waals surface area (Å²) in [4.78, 5) is 10.6. The predicted octanol–water partition coefficient (Wildman–Crippen LogP) is -0.271. The second kappa shape index (κ2) is 3.08. The summed E-state index contributed by atoms with van der Waals surface area (Å²) in [6.07, 6.45) is 0.601. The fourth-order valence-corrected chi connectivity index (χ4v) is 1.53. The molecule has 0 aromatic rings. The number of thioether (sulfide) groups is 1. The Morgan fingerprint density at radius 1 is 1.78 bits per heavy atom. The Kier molecular flexibility index (Phi) is 2.36. The molecule has 0 saturated carbocycles. The van der Waals surface area contributed by atoms with Gasteiger partial charge in [-0.25, -0.2) is 5.84 Å². The topological polar surface area (TPSA) is 55.1 Å². The molecule has 1 aliphatic rings. The van der Waals surface area contributed by atoms with E-state index in [4.69, 9.17) is 5.84 Å². The zero-order valence-corrected chi connectivity index (χ0v) is 5.91. The molecule has 52 valence electrons. The second-order valence-electron chi connectivity index (χ2n) is 2.18. The Balaban J connectivity index is 2.09. The van der Waals surface area contributed by atoms with Crippen LogP contribution in [0.4, 0.5) is 0 Å². The fourth-order valence-electron chi connectivity index (χ4n) is 0.723. The van der Waals surface area contributed by atoms with Crippen LogP contribution in [0, 0.1) is 5.92 Å². The molecule has 0 spiro atoms. The number of hydrogen-bond acceptors (Lipinski definition) is 3. The third-order valence-corrected chi connectivity index (χ3v) is 2.76. The van der Waals surface area contributed by atoms with Crippen molar-refractivity contribution in [3.8, 4) is 0 Å². The molecule has 4 heteroatoms. The minimum absolute atomic E-state index is 0.0414. The van der Waals surface area contributed by atoms with E-state index >= 15 is 0 Å². The van der Waals surface area contributed by atoms with Gasteiger partial charge in [-0.3, -0.25) is 10.2 Å². The maximum absolute atomic E-state index is 10.6. The number of carbonyl (C=O) groups is 1. The zero-order valence-electron chi connectivity index (χ0n) is 5.09. The highest BCUT2D eigenvalue weighted by molar-refractivity contribution is 8.00. The Morgan fingerprint density at radius 3 is 2.78 bits per heavy atom. The van der Waals surface area contributed by atoms with Crippen molar-refractivity contribution in [2.45, 2.75) is 6.42 Å². The monoisotopic (exact) mass is 146 g/mol. The molecular weight excluding hydrogens is 136 g/mol. The number of nitrogens with two attached hydrogens (primary N) is 1. The molecular formula is C5H10N2OS. The Bertz CT molecular complexity index is 114. The van der Waals surface area contributed by atoms with Gasteiger partial charge in [0.15, 0.2) is 0 Å². The molecule has 0 aromatic carbocycles. The van der Waals surface area contributed by atoms with Crippen LogP contribution in [0.25, 0.3) is 0 Å². The van der Waals surface area contributed by atoms with Crippen LogP contribution in [0.5, 0.6) is 0 Å². The first-order chi connectivity index (χ1) is 4.33. The summed E-state index contributed by atoms with van der Waals surface area (Å²) < 4.78 is 0. The third-order valence-electron chi connectivity index (χ3n) is 1.34. The van der Waals surface area contributed by atoms with Crippen LogP contribution in [-0.4, -0.2) is 17.4 Å². The van der Waals surface area contributed by atoms with Crippen LogP contribution in [0.2, 0.25) is 0 Å². The molecule has 0 unspecified atom stereocenters. The standard InChI is InChI=1S/C5H10N2OS/c6-7-5(8)1-4-2-9-3-4/h4H,1-3,6H2,(H,7,8). The number of hydrogen-bond donors (Lipinski definition) is 2. The van der Waals surface area contributed by atoms with E-state index in [0.717, 1.165) is 11.5 Å². The molecule has 0 radical (unpaired) electrons. The number of amides is 1. The van der Waals surface area contributed by atoms with Crippen molar-refractivity contribution in [1.29, 1.82) is 0 Å². The maximum Gasteiger partial charge on any atom is 0.234 e. The lowest BCUT2D eigenvalue weighted by atomic mass is 10.1. The molecule has 0 aromatic heterocycles. The van der Waals surface area contributed by atoms with Crippen molar-refractivity contribution < 1.29 is 4.79 Å². The maximum atomic E-state index is 10.6. The molecule has 1 fully saturated rings. The number of hydrazine groups is 1. The van der Waals surface area contributed by atoms with Crippen LogP contribution in [0.3, 0.4) is 0 Å². The number of rotatable bonds is 2. The zero-order chi connectivity index (χ0) is 6.69. The average molecular weight is 146 g/mol. The fraction of sp³-hybridized carbons (Fsp3) is 0.800. The van der Waals surface area contributed by atoms with Gasteiger partial charge in [-0.15, -0.1) is 0 Å². The Labute approximate surface area is 58.3 Å². The van der Waals surface area contributed by atoms with E-state index in [0.29, 0.717) is 12.3 Å². The van der Waals surface area contributed by atoms with Crippen molar-refractivity contribution in [2.75, 3.05) is 11.5 Å². The summed E-state index contributed by atoms with van der Waals surface area (Å²) in [5.41, 5.74) is 2.12. The summed E-state index contributed by atoms with van der Waals surface area (Å²) in [6, 6.07) is 0. The molecule has 1 saturated heterocycles. The SMILES string of the molecule is NNC(=O)CC1CSC1. The molecule has 0 aliphatic carbocycles. The molecule has 1 aliphatic heterocycles. The Morgan fingerprint density at radius 2 is 2.44 bits per heavy atom. The van der Waals surface area contributed by atoms with E-state index < -0.39 is 0 Å². The van der Waals surface area contributed by atoms with Crippen LogP contribution < -0.4 is 11.3 Å². The first-order valence-electron chi connectivity index (χ1n) is 2.90. The molecule has 0 atom stereocenters. The Hall–Kier alpha value is -0.220. The van der Waals surface area contributed by atoms with Gasteiger partial charge in [0, 0.05) is 6.42 Å². The van der Waals surface area contributed by atoms with Crippen molar-refractivity contribution in [3.63, 3.8) is 0 Å². The lowest BCUT2D eigenvalue weighted by molar-refractivity contribution is -0.121. The van der Waals surface area contributed by atoms with Gasteiger partial charge in [0.2, 0.25) is 5.91 Å². The van der Waals surface area contributed by atoms with E-state index in [1.807, 2.05) is 11.8 Å². The summed E-state index contributed by atoms with van der Waals surface area (Å²) in [6.45, 7) is 0. The molecule has 1 amide bonds. The van der Waals surface area contributed by atoms with Gasteiger partial charge in [-0.2, -0.15) is 11.8 Å². The van der Waals surface area contributed by atoms with E-state index in [2.05, 4.69) is 5.43 Å². The van der Waals surface area contributed by atoms with Crippen LogP contribution >= 0.6 is 11.8 Å². The largest absolute Gasteiger partial charge is 0.294 e. The van der Waals surface area contributed by atoms with Gasteiger partial charge in [0.1, 0.15) is 0 Å². The van der Waals surface area contributed by atoms with Gasteiger partial charge < -0.3 is 0 Å². The van der Waals surface area contributed by atoms with Gasteiger partial charge in [0.05, 0.1) is 0 Å². The first-order valence-corrected chi connectivity index (χ1v) is 4.05. The molecule has 3 nitrogen and oxygen atoms in total. The molecule has 0 bridgehead atoms. The highest BCUT2D eigenvalue weighted by Gasteiger charge is 2.20. The van der Waals surface area contributed by atoms with Gasteiger partial charge in [0.25, 0.3) is 0 Å². The first kappa shape index (κ1) is 6.89. The van der Waals surface area contributed by atoms with E-state index in [1.165, 1.54) is 0 Å². The van der Waals surface area contributed by atoms with Crippen molar-refractivity contribution in [2.24, 2.45) is 11.8 Å². The van der Waals surface area contributed by atoms with E-state index in [9.17, 15) is 4.79 Å². The van der Waals surface area contributed by atoms with Gasteiger partial charge >= 0.3 is 0 Å². The van der Waals surface area contributed by atoms with Gasteiger partial charge in [-0.1, -0.05) is 0 Å². The normalized spacial score (nSPS) is 18.8. The molecule has 9 heavy (non-hydrogen) atoms. The summed E-state index contributed by atoms with van der Waals surface area (Å²) >= 11 is 1.88. The van der Waals surface area contributed by atoms with Crippen molar-refractivity contribution >= 4 is 17.7 Å². The smallest absolute Gasteiger partial charge is 0.234 e. The minimum atomic E-state index is -0.0414. The van der Waals surface area contributed by atoms with Crippen molar-refractivity contribution in [3.05, 3.63) is 0 Å². The van der Waals surface area contributed by atoms with Crippen LogP contribution in [0.1, 0.15) is 6.42 Å². The highest BCUT2D eigenvalue weighted by atomic mass is 32.2. The number of carbonyl (C=O) groups excluding carboxylic acids is 1. The predicted molar refractivity (Wildman–Crippen MR) is 37.8 cm³/mol. The molecule has 1 rings (SSSR count). The van der Waals surface area contributed by atoms with Gasteiger partial charge in [-0.05, 0) is 17.4 Å². The summed E-state index contributed by atoms with van der Waals surface area (Å²) in [5.74, 6) is 7.67. The third kappa shape index (κ3) is 1.87. The average Bonchev–Trinajstić information content (AvgIpc) is 1.78. The summed E-state index contributed by atoms with van der Waals surface area (Å²) in [5, 5.41) is 0. The molecule has 1 heterocycles. The number of nitrogens with one attached hydrogen (secondary N) is 1. The van der Waals surface area contributed by atoms with Crippen LogP contribution in [-0.2, 0) is 4.79 Å². The minimum Gasteiger partial charge on any atom is -0.294 e. The van der Waals surface area contributed by atoms with E-state index in [-0.39, 0.29) is 5.91 Å². The van der Waals surface area contributed by atoms with E-state index in [1.54, 1.807) is 0 Å². The van der Waals surface area contributed by atoms with Crippen molar-refractivity contribution in [1.82, 2.24) is 5.43 Å². The lowest BCUT2D eigenvalue weighted by Crippen LogP contribution is -2.34. The lowest BCUT2D eigenvalue weighted by Gasteiger charge is -2.23. The molecule has 3 N–H and O–H groups in total. The quantitative estimate of drug-likeness (QED) is 0.320. The summed E-state index contributed by atoms with van der Waals surface area (Å²) in [7, 11) is 0. The van der Waals surface area contributed by atoms with Crippen LogP contribution in [0.15, 0.2) is 0 Å². The highest BCUT2D eigenvalue weighted by Crippen LogP contribution is 2.26.